The van der Waals surface area contributed by atoms with Crippen molar-refractivity contribution < 1.29 is 0 Å². The van der Waals surface area contributed by atoms with Crippen LogP contribution in [0.2, 0.25) is 0 Å². The van der Waals surface area contributed by atoms with Crippen LogP contribution >= 0.6 is 0 Å². The van der Waals surface area contributed by atoms with Gasteiger partial charge < -0.3 is 4.90 Å². The smallest absolute Gasteiger partial charge is 0.116 e. The van der Waals surface area contributed by atoms with Gasteiger partial charge in [0.05, 0.1) is 6.07 Å². The van der Waals surface area contributed by atoms with Gasteiger partial charge in [-0.3, -0.25) is 0 Å². The molecule has 1 fully saturated rings. The van der Waals surface area contributed by atoms with Crippen molar-refractivity contribution >= 4 is 5.69 Å². The highest BCUT2D eigenvalue weighted by Gasteiger charge is 2.23. The van der Waals surface area contributed by atoms with Crippen LogP contribution in [0.25, 0.3) is 0 Å². The zero-order chi connectivity index (χ0) is 9.10. The Labute approximate surface area is 78.4 Å². The van der Waals surface area contributed by atoms with E-state index in [2.05, 4.69) is 23.1 Å². The van der Waals surface area contributed by atoms with Gasteiger partial charge in [-0.05, 0) is 25.0 Å². The first kappa shape index (κ1) is 8.12. The lowest BCUT2D eigenvalue weighted by Gasteiger charge is -2.21. The monoisotopic (exact) mass is 172 g/mol. The lowest BCUT2D eigenvalue weighted by molar-refractivity contribution is 0.818. The average Bonchev–Trinajstić information content (AvgIpc) is 2.67. The molecule has 0 bridgehead atoms. The van der Waals surface area contributed by atoms with Crippen LogP contribution in [-0.4, -0.2) is 12.6 Å². The van der Waals surface area contributed by atoms with Gasteiger partial charge in [0.25, 0.3) is 0 Å². The number of para-hydroxylation sites is 1. The molecule has 2 heteroatoms. The molecule has 0 saturated carbocycles. The largest absolute Gasteiger partial charge is 0.356 e. The fraction of sp³-hybridized carbons (Fsp3) is 0.364. The van der Waals surface area contributed by atoms with Crippen molar-refractivity contribution in [2.45, 2.75) is 18.9 Å². The summed E-state index contributed by atoms with van der Waals surface area (Å²) in [6, 6.07) is 12.6. The molecule has 66 valence electrons. The number of hydrogen-bond donors (Lipinski definition) is 0. The highest BCUT2D eigenvalue weighted by atomic mass is 15.2. The molecule has 1 atom stereocenters. The number of anilines is 1. The van der Waals surface area contributed by atoms with E-state index in [1.165, 1.54) is 5.69 Å². The topological polar surface area (TPSA) is 27.0 Å². The molecule has 0 N–H and O–H groups in total. The van der Waals surface area contributed by atoms with Crippen molar-refractivity contribution in [2.75, 3.05) is 11.4 Å². The second-order valence-corrected chi connectivity index (χ2v) is 3.32. The van der Waals surface area contributed by atoms with E-state index in [0.717, 1.165) is 19.4 Å². The van der Waals surface area contributed by atoms with Crippen LogP contribution in [0.4, 0.5) is 5.69 Å². The molecule has 1 aromatic carbocycles. The van der Waals surface area contributed by atoms with Gasteiger partial charge in [-0.2, -0.15) is 5.26 Å². The summed E-state index contributed by atoms with van der Waals surface area (Å²) in [6.07, 6.45) is 2.14. The lowest BCUT2D eigenvalue weighted by Crippen LogP contribution is -2.27. The van der Waals surface area contributed by atoms with Gasteiger partial charge in [-0.25, -0.2) is 0 Å². The van der Waals surface area contributed by atoms with Crippen LogP contribution in [0.1, 0.15) is 12.8 Å². The van der Waals surface area contributed by atoms with Crippen LogP contribution in [0, 0.1) is 11.3 Å². The maximum absolute atomic E-state index is 8.91. The molecule has 1 aliphatic rings. The van der Waals surface area contributed by atoms with Gasteiger partial charge in [0.2, 0.25) is 0 Å². The second kappa shape index (κ2) is 3.49. The molecule has 1 aliphatic heterocycles. The van der Waals surface area contributed by atoms with E-state index in [9.17, 15) is 0 Å². The zero-order valence-electron chi connectivity index (χ0n) is 7.48. The summed E-state index contributed by atoms with van der Waals surface area (Å²) in [5, 5.41) is 8.91. The Kier molecular flexibility index (Phi) is 2.18. The Morgan fingerprint density at radius 2 is 2.08 bits per heavy atom. The SMILES string of the molecule is N#C[C@@H]1CCCN1c1ccccc1. The highest BCUT2D eigenvalue weighted by Crippen LogP contribution is 2.24. The number of rotatable bonds is 1. The predicted molar refractivity (Wildman–Crippen MR) is 52.4 cm³/mol. The summed E-state index contributed by atoms with van der Waals surface area (Å²) in [5.41, 5.74) is 1.17. The summed E-state index contributed by atoms with van der Waals surface area (Å²) in [4.78, 5) is 2.18. The molecule has 0 aliphatic carbocycles. The van der Waals surface area contributed by atoms with Crippen LogP contribution in [0.5, 0.6) is 0 Å². The van der Waals surface area contributed by atoms with Crippen molar-refractivity contribution in [3.05, 3.63) is 30.3 Å². The molecule has 2 rings (SSSR count). The van der Waals surface area contributed by atoms with Crippen LogP contribution in [-0.2, 0) is 0 Å². The minimum absolute atomic E-state index is 0.0856. The maximum Gasteiger partial charge on any atom is 0.116 e. The Morgan fingerprint density at radius 1 is 1.31 bits per heavy atom. The molecular weight excluding hydrogens is 160 g/mol. The summed E-state index contributed by atoms with van der Waals surface area (Å²) >= 11 is 0. The van der Waals surface area contributed by atoms with Gasteiger partial charge in [0.1, 0.15) is 6.04 Å². The Balaban J connectivity index is 2.22. The molecule has 1 aromatic rings. The summed E-state index contributed by atoms with van der Waals surface area (Å²) in [5.74, 6) is 0. The van der Waals surface area contributed by atoms with Crippen molar-refractivity contribution in [3.63, 3.8) is 0 Å². The molecule has 13 heavy (non-hydrogen) atoms. The summed E-state index contributed by atoms with van der Waals surface area (Å²) in [6.45, 7) is 1.02. The number of nitriles is 1. The molecule has 1 saturated heterocycles. The fourth-order valence-corrected chi connectivity index (χ4v) is 1.83. The molecule has 0 radical (unpaired) electrons. The minimum Gasteiger partial charge on any atom is -0.356 e. The van der Waals surface area contributed by atoms with E-state index in [1.807, 2.05) is 18.2 Å². The van der Waals surface area contributed by atoms with Crippen molar-refractivity contribution in [1.29, 1.82) is 5.26 Å². The molecule has 1 heterocycles. The highest BCUT2D eigenvalue weighted by molar-refractivity contribution is 5.49. The van der Waals surface area contributed by atoms with Crippen LogP contribution < -0.4 is 4.90 Å². The fourth-order valence-electron chi connectivity index (χ4n) is 1.83. The third-order valence-corrected chi connectivity index (χ3v) is 2.49. The van der Waals surface area contributed by atoms with E-state index < -0.39 is 0 Å². The van der Waals surface area contributed by atoms with E-state index in [-0.39, 0.29) is 6.04 Å². The van der Waals surface area contributed by atoms with Crippen molar-refractivity contribution in [1.82, 2.24) is 0 Å². The van der Waals surface area contributed by atoms with E-state index in [4.69, 9.17) is 5.26 Å². The first-order chi connectivity index (χ1) is 6.42. The molecular formula is C11H12N2. The summed E-state index contributed by atoms with van der Waals surface area (Å²) in [7, 11) is 0. The predicted octanol–water partition coefficient (Wildman–Crippen LogP) is 2.18. The van der Waals surface area contributed by atoms with Gasteiger partial charge in [-0.15, -0.1) is 0 Å². The lowest BCUT2D eigenvalue weighted by atomic mass is 10.2. The Morgan fingerprint density at radius 3 is 2.77 bits per heavy atom. The third-order valence-electron chi connectivity index (χ3n) is 2.49. The van der Waals surface area contributed by atoms with Crippen LogP contribution in [0.3, 0.4) is 0 Å². The molecule has 0 unspecified atom stereocenters. The van der Waals surface area contributed by atoms with Gasteiger partial charge >= 0.3 is 0 Å². The van der Waals surface area contributed by atoms with Gasteiger partial charge in [0.15, 0.2) is 0 Å². The number of benzene rings is 1. The van der Waals surface area contributed by atoms with E-state index in [0.29, 0.717) is 0 Å². The minimum atomic E-state index is 0.0856. The Bertz CT molecular complexity index is 313. The van der Waals surface area contributed by atoms with Gasteiger partial charge in [-0.1, -0.05) is 18.2 Å². The first-order valence-corrected chi connectivity index (χ1v) is 4.63. The zero-order valence-corrected chi connectivity index (χ0v) is 7.48. The number of nitrogens with zero attached hydrogens (tertiary/aromatic N) is 2. The Hall–Kier alpha value is -1.49. The second-order valence-electron chi connectivity index (χ2n) is 3.32. The van der Waals surface area contributed by atoms with Crippen molar-refractivity contribution in [3.8, 4) is 6.07 Å². The quantitative estimate of drug-likeness (QED) is 0.649. The van der Waals surface area contributed by atoms with Gasteiger partial charge in [0, 0.05) is 12.2 Å². The van der Waals surface area contributed by atoms with Crippen LogP contribution in [0.15, 0.2) is 30.3 Å². The normalized spacial score (nSPS) is 21.5. The maximum atomic E-state index is 8.91. The molecule has 2 nitrogen and oxygen atoms in total. The summed E-state index contributed by atoms with van der Waals surface area (Å²) < 4.78 is 0. The molecule has 0 spiro atoms. The number of hydrogen-bond acceptors (Lipinski definition) is 2. The third kappa shape index (κ3) is 1.50. The van der Waals surface area contributed by atoms with E-state index in [1.54, 1.807) is 0 Å². The molecule has 0 amide bonds. The average molecular weight is 172 g/mol. The van der Waals surface area contributed by atoms with Crippen molar-refractivity contribution in [2.24, 2.45) is 0 Å². The molecule has 0 aromatic heterocycles. The van der Waals surface area contributed by atoms with E-state index >= 15 is 0 Å². The standard InChI is InChI=1S/C11H12N2/c12-9-11-7-4-8-13(11)10-5-2-1-3-6-10/h1-3,5-6,11H,4,7-8H2/t11-/m0/s1. The first-order valence-electron chi connectivity index (χ1n) is 4.63.